The van der Waals surface area contributed by atoms with E-state index in [1.54, 1.807) is 24.3 Å². The molecular formula is C24H26N6O4S. The molecule has 0 spiro atoms. The van der Waals surface area contributed by atoms with Crippen molar-refractivity contribution in [1.29, 1.82) is 0 Å². The molecule has 2 amide bonds. The number of fused-ring (bicyclic) bond motifs is 2. The summed E-state index contributed by atoms with van der Waals surface area (Å²) < 4.78 is 10.8. The number of aromatic nitrogens is 2. The molecule has 4 N–H and O–H groups in total. The van der Waals surface area contributed by atoms with E-state index in [-0.39, 0.29) is 18.1 Å². The summed E-state index contributed by atoms with van der Waals surface area (Å²) in [4.78, 5) is 35.6. The van der Waals surface area contributed by atoms with Crippen LogP contribution in [0.4, 0.5) is 16.2 Å². The first kappa shape index (κ1) is 23.3. The number of thioether (sulfide) groups is 1. The number of carbonyl (C=O) groups excluding carboxylic acids is 2. The van der Waals surface area contributed by atoms with Crippen molar-refractivity contribution in [2.24, 2.45) is 5.73 Å². The van der Waals surface area contributed by atoms with Gasteiger partial charge in [-0.2, -0.15) is 0 Å². The molecule has 35 heavy (non-hydrogen) atoms. The monoisotopic (exact) mass is 494 g/mol. The van der Waals surface area contributed by atoms with Crippen LogP contribution in [0.1, 0.15) is 5.56 Å². The lowest BCUT2D eigenvalue weighted by molar-refractivity contribution is -0.113. The minimum Gasteiger partial charge on any atom is -0.481 e. The van der Waals surface area contributed by atoms with Gasteiger partial charge >= 0.3 is 6.09 Å². The van der Waals surface area contributed by atoms with Gasteiger partial charge in [0.2, 0.25) is 11.8 Å². The number of hydrogen-bond donors (Lipinski definition) is 3. The van der Waals surface area contributed by atoms with Crippen LogP contribution in [-0.2, 0) is 16.0 Å². The summed E-state index contributed by atoms with van der Waals surface area (Å²) in [7, 11) is 1.58. The molecule has 4 heterocycles. The minimum atomic E-state index is -0.404. The van der Waals surface area contributed by atoms with Gasteiger partial charge < -0.3 is 25.8 Å². The first-order valence-electron chi connectivity index (χ1n) is 11.3. The third kappa shape index (κ3) is 5.16. The summed E-state index contributed by atoms with van der Waals surface area (Å²) in [5.41, 5.74) is 10.4. The molecule has 2 aromatic heterocycles. The van der Waals surface area contributed by atoms with Gasteiger partial charge in [0.25, 0.3) is 0 Å². The number of methoxy groups -OCH3 is 1. The molecular weight excluding hydrogens is 468 g/mol. The lowest BCUT2D eigenvalue weighted by Gasteiger charge is -2.20. The summed E-state index contributed by atoms with van der Waals surface area (Å²) in [5, 5.41) is 6.17. The number of benzene rings is 1. The topological polar surface area (TPSA) is 132 Å². The Hall–Kier alpha value is -3.41. The van der Waals surface area contributed by atoms with Crippen LogP contribution in [-0.4, -0.2) is 66.6 Å². The zero-order chi connectivity index (χ0) is 24.4. The average molecular weight is 495 g/mol. The number of nitrogens with one attached hydrogen (secondary N) is 2. The van der Waals surface area contributed by atoms with Crippen molar-refractivity contribution in [3.8, 4) is 5.88 Å². The van der Waals surface area contributed by atoms with E-state index in [1.165, 1.54) is 11.8 Å². The maximum Gasteiger partial charge on any atom is 0.414 e. The van der Waals surface area contributed by atoms with Gasteiger partial charge in [0.15, 0.2) is 0 Å². The van der Waals surface area contributed by atoms with Gasteiger partial charge in [-0.3, -0.25) is 14.7 Å². The van der Waals surface area contributed by atoms with Crippen LogP contribution in [0.5, 0.6) is 5.88 Å². The normalized spacial score (nSPS) is 18.2. The molecule has 2 aliphatic rings. The number of ether oxygens (including phenoxy) is 2. The van der Waals surface area contributed by atoms with Crippen LogP contribution in [0.25, 0.3) is 11.0 Å². The van der Waals surface area contributed by atoms with E-state index in [2.05, 4.69) is 20.6 Å². The maximum absolute atomic E-state index is 12.5. The highest BCUT2D eigenvalue weighted by Crippen LogP contribution is 2.35. The molecule has 2 aliphatic heterocycles. The first-order valence-corrected chi connectivity index (χ1v) is 12.3. The number of amides is 2. The summed E-state index contributed by atoms with van der Waals surface area (Å²) in [6, 6.07) is 11.0. The lowest BCUT2D eigenvalue weighted by Crippen LogP contribution is -2.40. The molecule has 0 aliphatic carbocycles. The Labute approximate surface area is 206 Å². The molecule has 0 bridgehead atoms. The molecule has 0 radical (unpaired) electrons. The molecule has 11 heteroatoms. The average Bonchev–Trinajstić information content (AvgIpc) is 3.23. The number of cyclic esters (lactones) is 1. The van der Waals surface area contributed by atoms with E-state index in [0.29, 0.717) is 43.4 Å². The van der Waals surface area contributed by atoms with Crippen LogP contribution >= 0.6 is 11.8 Å². The van der Waals surface area contributed by atoms with E-state index in [9.17, 15) is 9.59 Å². The van der Waals surface area contributed by atoms with Gasteiger partial charge in [-0.05, 0) is 42.3 Å². The molecule has 1 unspecified atom stereocenters. The molecule has 10 nitrogen and oxygen atoms in total. The van der Waals surface area contributed by atoms with E-state index >= 15 is 0 Å². The van der Waals surface area contributed by atoms with Gasteiger partial charge in [-0.15, -0.1) is 11.8 Å². The van der Waals surface area contributed by atoms with E-state index < -0.39 is 6.09 Å². The summed E-state index contributed by atoms with van der Waals surface area (Å²) >= 11 is 1.48. The van der Waals surface area contributed by atoms with E-state index in [1.807, 2.05) is 30.3 Å². The molecule has 1 fully saturated rings. The van der Waals surface area contributed by atoms with Crippen molar-refractivity contribution in [3.63, 3.8) is 0 Å². The fourth-order valence-electron chi connectivity index (χ4n) is 4.20. The van der Waals surface area contributed by atoms with Crippen LogP contribution in [0.15, 0.2) is 47.5 Å². The third-order valence-corrected chi connectivity index (χ3v) is 6.97. The molecule has 1 saturated heterocycles. The van der Waals surface area contributed by atoms with Crippen molar-refractivity contribution >= 4 is 46.2 Å². The summed E-state index contributed by atoms with van der Waals surface area (Å²) in [6.45, 7) is 1.44. The number of nitrogens with two attached hydrogens (primary N) is 1. The van der Waals surface area contributed by atoms with Crippen molar-refractivity contribution in [1.82, 2.24) is 15.3 Å². The van der Waals surface area contributed by atoms with Crippen LogP contribution in [0, 0.1) is 0 Å². The first-order chi connectivity index (χ1) is 17.0. The quantitative estimate of drug-likeness (QED) is 0.431. The number of carbonyl (C=O) groups is 2. The van der Waals surface area contributed by atoms with Crippen molar-refractivity contribution in [2.45, 2.75) is 23.5 Å². The van der Waals surface area contributed by atoms with Gasteiger partial charge in [0, 0.05) is 42.0 Å². The number of nitrogens with zero attached hydrogens (tertiary/aromatic N) is 3. The molecule has 5 rings (SSSR count). The van der Waals surface area contributed by atoms with Gasteiger partial charge in [-0.1, -0.05) is 0 Å². The van der Waals surface area contributed by atoms with Gasteiger partial charge in [-0.25, -0.2) is 9.78 Å². The molecule has 182 valence electrons. The van der Waals surface area contributed by atoms with E-state index in [0.717, 1.165) is 27.2 Å². The largest absolute Gasteiger partial charge is 0.481 e. The van der Waals surface area contributed by atoms with Crippen LogP contribution < -0.4 is 26.0 Å². The molecule has 0 saturated carbocycles. The fraction of sp³-hybridized carbons (Fsp3) is 0.333. The Morgan fingerprint density at radius 3 is 3.06 bits per heavy atom. The highest BCUT2D eigenvalue weighted by Gasteiger charge is 2.32. The molecule has 2 atom stereocenters. The highest BCUT2D eigenvalue weighted by atomic mass is 32.2. The summed E-state index contributed by atoms with van der Waals surface area (Å²) in [5.74, 6) is 0.888. The minimum absolute atomic E-state index is 0.0447. The number of anilines is 2. The third-order valence-electron chi connectivity index (χ3n) is 5.89. The van der Waals surface area contributed by atoms with Crippen LogP contribution in [0.2, 0.25) is 0 Å². The second-order valence-corrected chi connectivity index (χ2v) is 9.46. The SMILES string of the molecule is COc1ccc2nccc(C[C@H](N)CNCC3CN(c4ccc5c(c4)NC(=O)CS5)C(=O)O3)c2n1. The predicted molar refractivity (Wildman–Crippen MR) is 134 cm³/mol. The zero-order valence-corrected chi connectivity index (χ0v) is 20.0. The fourth-order valence-corrected chi connectivity index (χ4v) is 4.99. The Morgan fingerprint density at radius 2 is 2.20 bits per heavy atom. The Kier molecular flexibility index (Phi) is 6.71. The number of rotatable bonds is 8. The Bertz CT molecular complexity index is 1270. The predicted octanol–water partition coefficient (Wildman–Crippen LogP) is 2.17. The standard InChI is InChI=1S/C24H26N6O4S/c1-33-22-5-3-18-23(29-22)14(6-7-27-18)8-15(25)10-26-11-17-12-30(24(32)34-17)16-2-4-20-19(9-16)28-21(31)13-35-20/h2-7,9,15,17,26H,8,10-13,25H2,1H3,(H,28,31)/t15-,17?/m0/s1. The van der Waals surface area contributed by atoms with Gasteiger partial charge in [0.1, 0.15) is 6.10 Å². The molecule has 3 aromatic rings. The van der Waals surface area contributed by atoms with Crippen LogP contribution in [0.3, 0.4) is 0 Å². The maximum atomic E-state index is 12.5. The van der Waals surface area contributed by atoms with Crippen molar-refractivity contribution < 1.29 is 19.1 Å². The second kappa shape index (κ2) is 10.1. The Balaban J connectivity index is 1.15. The lowest BCUT2D eigenvalue weighted by atomic mass is 10.1. The van der Waals surface area contributed by atoms with Gasteiger partial charge in [0.05, 0.1) is 36.1 Å². The van der Waals surface area contributed by atoms with Crippen molar-refractivity contribution in [2.75, 3.05) is 42.7 Å². The Morgan fingerprint density at radius 1 is 1.31 bits per heavy atom. The zero-order valence-electron chi connectivity index (χ0n) is 19.2. The molecule has 1 aromatic carbocycles. The van der Waals surface area contributed by atoms with Crippen molar-refractivity contribution in [3.05, 3.63) is 48.2 Å². The summed E-state index contributed by atoms with van der Waals surface area (Å²) in [6.07, 6.45) is 1.66. The number of pyridine rings is 2. The second-order valence-electron chi connectivity index (χ2n) is 8.45. The van der Waals surface area contributed by atoms with E-state index in [4.69, 9.17) is 15.2 Å². The smallest absolute Gasteiger partial charge is 0.414 e. The number of hydrogen-bond acceptors (Lipinski definition) is 9. The highest BCUT2D eigenvalue weighted by molar-refractivity contribution is 8.00.